The Hall–Kier alpha value is -1.66. The van der Waals surface area contributed by atoms with Crippen molar-refractivity contribution in [2.24, 2.45) is 0 Å². The third-order valence-corrected chi connectivity index (χ3v) is 4.74. The van der Waals surface area contributed by atoms with Crippen LogP contribution < -0.4 is 4.74 Å². The van der Waals surface area contributed by atoms with Crippen LogP contribution >= 0.6 is 0 Å². The van der Waals surface area contributed by atoms with Gasteiger partial charge in [0.2, 0.25) is 0 Å². The first kappa shape index (κ1) is 16.2. The normalized spacial score (nSPS) is 25.6. The SMILES string of the molecule is O=C(COc1cccc(F)c1)N1CCN([C@H]2CCC[C@@H]2O)CC1. The zero-order valence-corrected chi connectivity index (χ0v) is 13.2. The Morgan fingerprint density at radius 1 is 1.26 bits per heavy atom. The van der Waals surface area contributed by atoms with E-state index in [9.17, 15) is 14.3 Å². The van der Waals surface area contributed by atoms with Gasteiger partial charge in [0.15, 0.2) is 6.61 Å². The van der Waals surface area contributed by atoms with Crippen LogP contribution in [0.15, 0.2) is 24.3 Å². The molecule has 1 N–H and O–H groups in total. The quantitative estimate of drug-likeness (QED) is 0.907. The van der Waals surface area contributed by atoms with Crippen molar-refractivity contribution in [3.8, 4) is 5.75 Å². The molecule has 1 saturated carbocycles. The second-order valence-electron chi connectivity index (χ2n) is 6.23. The smallest absolute Gasteiger partial charge is 0.260 e. The van der Waals surface area contributed by atoms with Gasteiger partial charge < -0.3 is 14.7 Å². The highest BCUT2D eigenvalue weighted by atomic mass is 19.1. The molecule has 2 aliphatic rings. The number of carbonyl (C=O) groups is 1. The van der Waals surface area contributed by atoms with Gasteiger partial charge in [-0.2, -0.15) is 0 Å². The summed E-state index contributed by atoms with van der Waals surface area (Å²) in [6.45, 7) is 2.79. The number of carbonyl (C=O) groups excluding carboxylic acids is 1. The third kappa shape index (κ3) is 4.00. The molecule has 0 unspecified atom stereocenters. The predicted octanol–water partition coefficient (Wildman–Crippen LogP) is 1.26. The molecule has 0 spiro atoms. The van der Waals surface area contributed by atoms with E-state index in [0.717, 1.165) is 32.4 Å². The van der Waals surface area contributed by atoms with Crippen molar-refractivity contribution < 1.29 is 19.0 Å². The number of aliphatic hydroxyl groups is 1. The molecule has 2 fully saturated rings. The molecule has 5 nitrogen and oxygen atoms in total. The van der Waals surface area contributed by atoms with E-state index in [1.54, 1.807) is 17.0 Å². The molecule has 23 heavy (non-hydrogen) atoms. The molecule has 0 radical (unpaired) electrons. The molecule has 126 valence electrons. The number of benzene rings is 1. The standard InChI is InChI=1S/C17H23FN2O3/c18-13-3-1-4-14(11-13)23-12-17(22)20-9-7-19(8-10-20)15-5-2-6-16(15)21/h1,3-4,11,15-16,21H,2,5-10,12H2/t15-,16-/m0/s1. The number of piperazine rings is 1. The summed E-state index contributed by atoms with van der Waals surface area (Å²) in [5.41, 5.74) is 0. The summed E-state index contributed by atoms with van der Waals surface area (Å²) in [6.07, 6.45) is 2.77. The first-order valence-corrected chi connectivity index (χ1v) is 8.22. The Morgan fingerprint density at radius 3 is 2.70 bits per heavy atom. The number of nitrogens with zero attached hydrogens (tertiary/aromatic N) is 2. The van der Waals surface area contributed by atoms with Crippen LogP contribution in [0.25, 0.3) is 0 Å². The highest BCUT2D eigenvalue weighted by molar-refractivity contribution is 5.77. The molecule has 1 amide bonds. The van der Waals surface area contributed by atoms with Gasteiger partial charge in [-0.05, 0) is 31.4 Å². The summed E-state index contributed by atoms with van der Waals surface area (Å²) in [7, 11) is 0. The highest BCUT2D eigenvalue weighted by Gasteiger charge is 2.33. The molecule has 1 aliphatic heterocycles. The largest absolute Gasteiger partial charge is 0.484 e. The van der Waals surface area contributed by atoms with Gasteiger partial charge in [-0.15, -0.1) is 0 Å². The molecule has 3 rings (SSSR count). The zero-order valence-electron chi connectivity index (χ0n) is 13.2. The van der Waals surface area contributed by atoms with Crippen LogP contribution in [-0.4, -0.2) is 65.7 Å². The molecule has 1 aliphatic carbocycles. The minimum absolute atomic E-state index is 0.0739. The fourth-order valence-corrected chi connectivity index (χ4v) is 3.44. The van der Waals surface area contributed by atoms with Gasteiger partial charge >= 0.3 is 0 Å². The number of ether oxygens (including phenoxy) is 1. The maximum atomic E-state index is 13.1. The Labute approximate surface area is 135 Å². The van der Waals surface area contributed by atoms with Crippen molar-refractivity contribution in [1.29, 1.82) is 0 Å². The molecule has 0 bridgehead atoms. The Balaban J connectivity index is 1.45. The number of amides is 1. The number of hydrogen-bond donors (Lipinski definition) is 1. The van der Waals surface area contributed by atoms with Crippen LogP contribution in [0.2, 0.25) is 0 Å². The monoisotopic (exact) mass is 322 g/mol. The van der Waals surface area contributed by atoms with Gasteiger partial charge in [-0.1, -0.05) is 6.07 Å². The van der Waals surface area contributed by atoms with Gasteiger partial charge in [0.25, 0.3) is 5.91 Å². The van der Waals surface area contributed by atoms with E-state index in [1.165, 1.54) is 12.1 Å². The molecule has 1 saturated heterocycles. The van der Waals surface area contributed by atoms with Crippen molar-refractivity contribution in [1.82, 2.24) is 9.80 Å². The van der Waals surface area contributed by atoms with Crippen LogP contribution in [0.4, 0.5) is 4.39 Å². The van der Waals surface area contributed by atoms with Gasteiger partial charge in [-0.3, -0.25) is 9.69 Å². The number of rotatable bonds is 4. The fourth-order valence-electron chi connectivity index (χ4n) is 3.44. The summed E-state index contributed by atoms with van der Waals surface area (Å²) in [4.78, 5) is 16.2. The summed E-state index contributed by atoms with van der Waals surface area (Å²) < 4.78 is 18.4. The molecule has 6 heteroatoms. The first-order chi connectivity index (χ1) is 11.1. The molecular formula is C17H23FN2O3. The van der Waals surface area contributed by atoms with Crippen LogP contribution in [-0.2, 0) is 4.79 Å². The fraction of sp³-hybridized carbons (Fsp3) is 0.588. The second kappa shape index (κ2) is 7.27. The molecule has 1 aromatic rings. The molecule has 1 heterocycles. The third-order valence-electron chi connectivity index (χ3n) is 4.74. The molecule has 0 aromatic heterocycles. The number of aliphatic hydroxyl groups excluding tert-OH is 1. The lowest BCUT2D eigenvalue weighted by molar-refractivity contribution is -0.135. The van der Waals surface area contributed by atoms with Crippen molar-refractivity contribution >= 4 is 5.91 Å². The lowest BCUT2D eigenvalue weighted by Crippen LogP contribution is -2.54. The van der Waals surface area contributed by atoms with Crippen LogP contribution in [0, 0.1) is 5.82 Å². The predicted molar refractivity (Wildman–Crippen MR) is 83.7 cm³/mol. The molecule has 2 atom stereocenters. The van der Waals surface area contributed by atoms with Crippen molar-refractivity contribution in [3.05, 3.63) is 30.1 Å². The minimum atomic E-state index is -0.376. The average Bonchev–Trinajstić information content (AvgIpc) is 2.99. The average molecular weight is 322 g/mol. The van der Waals surface area contributed by atoms with Gasteiger partial charge in [0.1, 0.15) is 11.6 Å². The van der Waals surface area contributed by atoms with E-state index < -0.39 is 0 Å². The van der Waals surface area contributed by atoms with E-state index >= 15 is 0 Å². The van der Waals surface area contributed by atoms with Gasteiger partial charge in [0, 0.05) is 38.3 Å². The Morgan fingerprint density at radius 2 is 2.04 bits per heavy atom. The molecular weight excluding hydrogens is 299 g/mol. The van der Waals surface area contributed by atoms with E-state index in [1.807, 2.05) is 0 Å². The minimum Gasteiger partial charge on any atom is -0.484 e. The van der Waals surface area contributed by atoms with Crippen molar-refractivity contribution in [2.45, 2.75) is 31.4 Å². The van der Waals surface area contributed by atoms with Crippen LogP contribution in [0.1, 0.15) is 19.3 Å². The topological polar surface area (TPSA) is 53.0 Å². The van der Waals surface area contributed by atoms with E-state index in [-0.39, 0.29) is 30.5 Å². The summed E-state index contributed by atoms with van der Waals surface area (Å²) in [5, 5.41) is 9.98. The number of halogens is 1. The lowest BCUT2D eigenvalue weighted by Gasteiger charge is -2.39. The first-order valence-electron chi connectivity index (χ1n) is 8.22. The Kier molecular flexibility index (Phi) is 5.13. The van der Waals surface area contributed by atoms with Gasteiger partial charge in [-0.25, -0.2) is 4.39 Å². The maximum Gasteiger partial charge on any atom is 0.260 e. The van der Waals surface area contributed by atoms with Crippen molar-refractivity contribution in [2.75, 3.05) is 32.8 Å². The van der Waals surface area contributed by atoms with E-state index in [4.69, 9.17) is 4.74 Å². The van der Waals surface area contributed by atoms with E-state index in [0.29, 0.717) is 18.8 Å². The lowest BCUT2D eigenvalue weighted by atomic mass is 10.1. The van der Waals surface area contributed by atoms with Gasteiger partial charge in [0.05, 0.1) is 6.10 Å². The summed E-state index contributed by atoms with van der Waals surface area (Å²) >= 11 is 0. The summed E-state index contributed by atoms with van der Waals surface area (Å²) in [6, 6.07) is 6.05. The van der Waals surface area contributed by atoms with Crippen LogP contribution in [0.3, 0.4) is 0 Å². The zero-order chi connectivity index (χ0) is 16.2. The number of hydrogen-bond acceptors (Lipinski definition) is 4. The second-order valence-corrected chi connectivity index (χ2v) is 6.23. The Bertz CT molecular complexity index is 546. The molecule has 1 aromatic carbocycles. The van der Waals surface area contributed by atoms with E-state index in [2.05, 4.69) is 4.90 Å². The van der Waals surface area contributed by atoms with Crippen LogP contribution in [0.5, 0.6) is 5.75 Å². The highest BCUT2D eigenvalue weighted by Crippen LogP contribution is 2.25. The summed E-state index contributed by atoms with van der Waals surface area (Å²) in [5.74, 6) is -0.0920. The van der Waals surface area contributed by atoms with Crippen molar-refractivity contribution in [3.63, 3.8) is 0 Å². The maximum absolute atomic E-state index is 13.1.